The maximum atomic E-state index is 10.1. The van der Waals surface area contributed by atoms with Crippen LogP contribution in [0.25, 0.3) is 0 Å². The third-order valence-electron chi connectivity index (χ3n) is 9.94. The molecule has 0 radical (unpaired) electrons. The molecule has 10 heteroatoms. The molecule has 0 spiro atoms. The number of carbonyl (C=O) groups is 4. The van der Waals surface area contributed by atoms with Crippen LogP contribution in [0.3, 0.4) is 0 Å². The number of carbonyl (C=O) groups excluding carboxylic acids is 4. The molecule has 0 aromatic rings. The Morgan fingerprint density at radius 1 is 0.224 bits per heavy atom. The fraction of sp³-hybridized carbons (Fsp3) is 0.917. The summed E-state index contributed by atoms with van der Waals surface area (Å²) in [5.74, 6) is -3.64. The molecule has 0 aromatic carbocycles. The number of carboxylic acid groups (broad SMARTS) is 4. The molecule has 0 N–H and O–H groups in total. The summed E-state index contributed by atoms with van der Waals surface area (Å²) in [6, 6.07) is 0. The fourth-order valence-electron chi connectivity index (χ4n) is 6.32. The van der Waals surface area contributed by atoms with Gasteiger partial charge in [0.15, 0.2) is 0 Å². The third kappa shape index (κ3) is 87.2. The number of hydrogen-bond acceptors (Lipinski definition) is 8. The van der Waals surface area contributed by atoms with E-state index < -0.39 is 23.9 Å². The van der Waals surface area contributed by atoms with Crippen LogP contribution in [-0.4, -0.2) is 23.9 Å². The average molecular weight is 980 g/mol. The van der Waals surface area contributed by atoms with E-state index in [1.807, 2.05) is 0 Å². The van der Waals surface area contributed by atoms with Crippen molar-refractivity contribution in [1.82, 2.24) is 0 Å². The predicted octanol–water partition coefficient (Wildman–Crippen LogP) is 10.6. The van der Waals surface area contributed by atoms with Crippen LogP contribution >= 0.6 is 0 Å². The van der Waals surface area contributed by atoms with E-state index in [1.54, 1.807) is 0 Å². The Balaban J connectivity index is -0.000000154. The van der Waals surface area contributed by atoms with E-state index in [-0.39, 0.29) is 78.1 Å². The summed E-state index contributed by atoms with van der Waals surface area (Å²) in [7, 11) is 0. The Kier molecular flexibility index (Phi) is 78.6. The molecule has 0 saturated carbocycles. The van der Waals surface area contributed by atoms with E-state index in [1.165, 1.54) is 180 Å². The van der Waals surface area contributed by atoms with E-state index >= 15 is 0 Å². The molecule has 0 aliphatic carbocycles. The molecule has 0 saturated heterocycles. The van der Waals surface area contributed by atoms with Crippen molar-refractivity contribution in [2.24, 2.45) is 0 Å². The van der Waals surface area contributed by atoms with Gasteiger partial charge in [-0.3, -0.25) is 0 Å². The Hall–Kier alpha value is -0.354. The van der Waals surface area contributed by atoms with Gasteiger partial charge in [-0.2, -0.15) is 0 Å². The molecule has 0 atom stereocenters. The summed E-state index contributed by atoms with van der Waals surface area (Å²) < 4.78 is 0. The van der Waals surface area contributed by atoms with Gasteiger partial charge in [0.25, 0.3) is 0 Å². The van der Waals surface area contributed by atoms with Crippen molar-refractivity contribution >= 4 is 23.9 Å². The zero-order valence-corrected chi connectivity index (χ0v) is 43.5. The monoisotopic (exact) mass is 976 g/mol. The summed E-state index contributed by atoms with van der Waals surface area (Å²) in [4.78, 5) is 40.4. The van der Waals surface area contributed by atoms with Crippen LogP contribution in [0.5, 0.6) is 0 Å². The van der Waals surface area contributed by atoms with Crippen molar-refractivity contribution in [3.8, 4) is 0 Å². The second kappa shape index (κ2) is 65.8. The Morgan fingerprint density at radius 2 is 0.328 bits per heavy atom. The van der Waals surface area contributed by atoms with Gasteiger partial charge in [-0.05, 0) is 51.4 Å². The molecule has 0 unspecified atom stereocenters. The number of carboxylic acids is 4. The molecule has 58 heavy (non-hydrogen) atoms. The molecule has 0 amide bonds. The van der Waals surface area contributed by atoms with Crippen molar-refractivity contribution in [2.75, 3.05) is 0 Å². The van der Waals surface area contributed by atoms with Crippen LogP contribution in [0.1, 0.15) is 285 Å². The molecule has 8 nitrogen and oxygen atoms in total. The molecule has 0 heterocycles. The van der Waals surface area contributed by atoms with E-state index in [4.69, 9.17) is 0 Å². The summed E-state index contributed by atoms with van der Waals surface area (Å²) in [5, 5.41) is 40.4. The maximum absolute atomic E-state index is 10.1. The molecule has 0 bridgehead atoms. The zero-order valence-electron chi connectivity index (χ0n) is 38.6. The van der Waals surface area contributed by atoms with E-state index in [9.17, 15) is 39.6 Å². The number of hydrogen-bond donors (Lipinski definition) is 0. The molecular formula is C48H92O8Zr2. The Morgan fingerprint density at radius 3 is 0.431 bits per heavy atom. The summed E-state index contributed by atoms with van der Waals surface area (Å²) >= 11 is 0. The van der Waals surface area contributed by atoms with Gasteiger partial charge in [-0.25, -0.2) is 0 Å². The van der Waals surface area contributed by atoms with Gasteiger partial charge in [0.05, 0.1) is 0 Å². The van der Waals surface area contributed by atoms with Crippen LogP contribution in [-0.2, 0) is 71.6 Å². The first-order valence-corrected chi connectivity index (χ1v) is 23.9. The third-order valence-corrected chi connectivity index (χ3v) is 9.94. The number of unbranched alkanes of at least 4 members (excludes halogenated alkanes) is 32. The molecule has 340 valence electrons. The summed E-state index contributed by atoms with van der Waals surface area (Å²) in [5.41, 5.74) is 0. The van der Waals surface area contributed by atoms with E-state index in [0.717, 1.165) is 51.4 Å². The van der Waals surface area contributed by atoms with Gasteiger partial charge < -0.3 is 39.6 Å². The zero-order chi connectivity index (χ0) is 42.6. The van der Waals surface area contributed by atoms with Crippen LogP contribution in [0.4, 0.5) is 0 Å². The van der Waals surface area contributed by atoms with Gasteiger partial charge in [-0.15, -0.1) is 0 Å². The number of aliphatic carboxylic acids is 4. The van der Waals surface area contributed by atoms with Crippen LogP contribution < -0.4 is 20.4 Å². The smallest absolute Gasteiger partial charge is 0.550 e. The van der Waals surface area contributed by atoms with Gasteiger partial charge in [-0.1, -0.05) is 233 Å². The predicted molar refractivity (Wildman–Crippen MR) is 227 cm³/mol. The van der Waals surface area contributed by atoms with Crippen molar-refractivity contribution in [1.29, 1.82) is 0 Å². The largest absolute Gasteiger partial charge is 2.00 e. The molecule has 0 fully saturated rings. The van der Waals surface area contributed by atoms with Crippen molar-refractivity contribution in [3.05, 3.63) is 0 Å². The Labute approximate surface area is 397 Å². The minimum Gasteiger partial charge on any atom is -0.550 e. The van der Waals surface area contributed by atoms with Gasteiger partial charge in [0.1, 0.15) is 0 Å². The SMILES string of the molecule is CCCCCCCCCCCC(=O)[O-].CCCCCCCCCCCC(=O)[O-].CCCCCCCCCCCC(=O)[O-].CCCCCCCCCCCC(=O)[O-].[Zr+2].[Zr+2]. The maximum Gasteiger partial charge on any atom is 2.00 e. The summed E-state index contributed by atoms with van der Waals surface area (Å²) in [6.45, 7) is 8.89. The van der Waals surface area contributed by atoms with Crippen molar-refractivity contribution < 1.29 is 92.0 Å². The first-order valence-electron chi connectivity index (χ1n) is 23.9. The first kappa shape index (κ1) is 69.3. The van der Waals surface area contributed by atoms with Crippen molar-refractivity contribution in [2.45, 2.75) is 285 Å². The van der Waals surface area contributed by atoms with Gasteiger partial charge >= 0.3 is 52.4 Å². The van der Waals surface area contributed by atoms with E-state index in [2.05, 4.69) is 27.7 Å². The van der Waals surface area contributed by atoms with Crippen LogP contribution in [0.15, 0.2) is 0 Å². The van der Waals surface area contributed by atoms with Gasteiger partial charge in [0, 0.05) is 23.9 Å². The number of rotatable bonds is 40. The minimum atomic E-state index is -0.909. The minimum absolute atomic E-state index is 0. The van der Waals surface area contributed by atoms with Crippen molar-refractivity contribution in [3.63, 3.8) is 0 Å². The quantitative estimate of drug-likeness (QED) is 0.0549. The summed E-state index contributed by atoms with van der Waals surface area (Å²) in [6.07, 6.45) is 44.7. The van der Waals surface area contributed by atoms with E-state index in [0.29, 0.717) is 0 Å². The molecule has 0 aliphatic rings. The molecular weight excluding hydrogens is 887 g/mol. The first-order chi connectivity index (χ1) is 27.1. The van der Waals surface area contributed by atoms with Crippen LogP contribution in [0.2, 0.25) is 0 Å². The second-order valence-corrected chi connectivity index (χ2v) is 15.8. The normalized spacial score (nSPS) is 10.0. The average Bonchev–Trinajstić information content (AvgIpc) is 3.15. The molecule has 0 aromatic heterocycles. The Bertz CT molecular complexity index is 670. The topological polar surface area (TPSA) is 161 Å². The fourth-order valence-corrected chi connectivity index (χ4v) is 6.32. The van der Waals surface area contributed by atoms with Crippen LogP contribution in [0, 0.1) is 0 Å². The molecule has 0 rings (SSSR count). The second-order valence-electron chi connectivity index (χ2n) is 15.8. The van der Waals surface area contributed by atoms with Gasteiger partial charge in [0.2, 0.25) is 0 Å². The standard InChI is InChI=1S/4C12H24O2.2Zr/c4*1-2-3-4-5-6-7-8-9-10-11-12(13)14;;/h4*2-11H2,1H3,(H,13,14);;/q;;;;2*+2/p-4. The molecule has 0 aliphatic heterocycles.